The summed E-state index contributed by atoms with van der Waals surface area (Å²) in [6.07, 6.45) is 8.90. The zero-order valence-corrected chi connectivity index (χ0v) is 21.5. The van der Waals surface area contributed by atoms with Crippen LogP contribution in [0.2, 0.25) is 0 Å². The van der Waals surface area contributed by atoms with Crippen LogP contribution in [0.15, 0.2) is 53.6 Å². The second-order valence-corrected chi connectivity index (χ2v) is 10.5. The van der Waals surface area contributed by atoms with E-state index in [0.717, 1.165) is 58.0 Å². The number of hydrogen-bond acceptors (Lipinski definition) is 6. The van der Waals surface area contributed by atoms with Gasteiger partial charge in [0.05, 0.1) is 23.1 Å². The summed E-state index contributed by atoms with van der Waals surface area (Å²) < 4.78 is 41.8. The zero-order valence-electron chi connectivity index (χ0n) is 20.7. The van der Waals surface area contributed by atoms with Crippen molar-refractivity contribution in [2.75, 3.05) is 20.1 Å². The lowest BCUT2D eigenvalue weighted by atomic mass is 9.95. The van der Waals surface area contributed by atoms with E-state index < -0.39 is 10.5 Å². The lowest BCUT2D eigenvalue weighted by Gasteiger charge is -2.39. The zero-order chi connectivity index (χ0) is 26.8. The van der Waals surface area contributed by atoms with Crippen molar-refractivity contribution in [2.24, 2.45) is 0 Å². The maximum absolute atomic E-state index is 14.0. The summed E-state index contributed by atoms with van der Waals surface area (Å²) in [7, 11) is -3.16. The van der Waals surface area contributed by atoms with Crippen LogP contribution in [-0.2, 0) is 16.9 Å². The van der Waals surface area contributed by atoms with Gasteiger partial charge in [0.2, 0.25) is 0 Å². The Morgan fingerprint density at radius 2 is 1.97 bits per heavy atom. The third kappa shape index (κ3) is 3.91. The number of benzene rings is 2. The largest absolute Gasteiger partial charge is 0.488 e. The molecule has 1 aliphatic heterocycles. The van der Waals surface area contributed by atoms with Crippen LogP contribution >= 0.6 is 0 Å². The molecule has 38 heavy (non-hydrogen) atoms. The van der Waals surface area contributed by atoms with E-state index in [9.17, 15) is 17.1 Å². The standard InChI is InChI=1S/C28H23FN4O4S/c1-4-16-6-7-21-24(8-16)31-28-26(21)27(34)23-10-17(5-2)22(11-25(23)33(28)19-14-32(3)15-19)18-9-20(13-30-12-18)37-38(29,35)36/h1,6-13,19,31H,5,14-15H2,2-3H3. The highest BCUT2D eigenvalue weighted by atomic mass is 32.3. The monoisotopic (exact) mass is 530 g/mol. The summed E-state index contributed by atoms with van der Waals surface area (Å²) in [5.41, 5.74) is 5.05. The number of fused-ring (bicyclic) bond motifs is 4. The lowest BCUT2D eigenvalue weighted by Crippen LogP contribution is -2.45. The number of rotatable bonds is 5. The molecule has 1 saturated heterocycles. The van der Waals surface area contributed by atoms with Crippen molar-refractivity contribution in [3.05, 3.63) is 70.1 Å². The Hall–Kier alpha value is -4.20. The number of likely N-dealkylation sites (tertiary alicyclic amines) is 1. The second-order valence-electron chi connectivity index (χ2n) is 9.59. The second kappa shape index (κ2) is 8.68. The fourth-order valence-corrected chi connectivity index (χ4v) is 5.77. The van der Waals surface area contributed by atoms with E-state index in [2.05, 4.69) is 29.5 Å². The van der Waals surface area contributed by atoms with Crippen molar-refractivity contribution < 1.29 is 16.5 Å². The highest BCUT2D eigenvalue weighted by Gasteiger charge is 2.29. The van der Waals surface area contributed by atoms with Crippen LogP contribution in [0.25, 0.3) is 44.0 Å². The van der Waals surface area contributed by atoms with Gasteiger partial charge >= 0.3 is 10.5 Å². The first-order valence-corrected chi connectivity index (χ1v) is 13.4. The highest BCUT2D eigenvalue weighted by molar-refractivity contribution is 7.81. The number of halogens is 1. The molecule has 2 aromatic carbocycles. The van der Waals surface area contributed by atoms with E-state index in [-0.39, 0.29) is 17.2 Å². The van der Waals surface area contributed by atoms with Crippen molar-refractivity contribution in [2.45, 2.75) is 19.4 Å². The predicted octanol–water partition coefficient (Wildman–Crippen LogP) is 4.32. The van der Waals surface area contributed by atoms with Crippen molar-refractivity contribution in [1.29, 1.82) is 0 Å². The Balaban J connectivity index is 1.68. The van der Waals surface area contributed by atoms with E-state index in [4.69, 9.17) is 6.42 Å². The first-order chi connectivity index (χ1) is 18.2. The molecule has 6 rings (SSSR count). The van der Waals surface area contributed by atoms with Crippen molar-refractivity contribution in [3.63, 3.8) is 0 Å². The van der Waals surface area contributed by atoms with Gasteiger partial charge in [0.1, 0.15) is 5.65 Å². The molecule has 0 saturated carbocycles. The SMILES string of the molecule is C#Cc1ccc2c(c1)[nH]c1c2c(=O)c2cc(CC)c(-c3cncc(OS(=O)(=O)F)c3)cc2n1C1CN(C)C1. The van der Waals surface area contributed by atoms with E-state index in [0.29, 0.717) is 22.8 Å². The van der Waals surface area contributed by atoms with Crippen LogP contribution in [-0.4, -0.2) is 48.0 Å². The number of terminal acetylenes is 1. The average Bonchev–Trinajstić information content (AvgIpc) is 3.24. The van der Waals surface area contributed by atoms with E-state index in [1.807, 2.05) is 44.3 Å². The molecule has 0 spiro atoms. The molecule has 4 heterocycles. The summed E-state index contributed by atoms with van der Waals surface area (Å²) in [5.74, 6) is 2.41. The van der Waals surface area contributed by atoms with Crippen molar-refractivity contribution in [3.8, 4) is 29.2 Å². The fraction of sp³-hybridized carbons (Fsp3) is 0.214. The van der Waals surface area contributed by atoms with Gasteiger partial charge in [-0.25, -0.2) is 0 Å². The molecule has 1 fully saturated rings. The maximum atomic E-state index is 14.0. The van der Waals surface area contributed by atoms with Crippen LogP contribution in [0, 0.1) is 12.3 Å². The Labute approximate surface area is 218 Å². The van der Waals surface area contributed by atoms with Gasteiger partial charge in [-0.1, -0.05) is 22.8 Å². The molecular weight excluding hydrogens is 507 g/mol. The molecule has 8 nitrogen and oxygen atoms in total. The van der Waals surface area contributed by atoms with Crippen LogP contribution in [0.4, 0.5) is 3.89 Å². The number of aromatic nitrogens is 3. The molecule has 0 amide bonds. The number of pyridine rings is 2. The molecule has 1 N–H and O–H groups in total. The first kappa shape index (κ1) is 24.2. The Morgan fingerprint density at radius 3 is 2.66 bits per heavy atom. The summed E-state index contributed by atoms with van der Waals surface area (Å²) in [6.45, 7) is 3.58. The topological polar surface area (TPSA) is 97.3 Å². The Bertz CT molecular complexity index is 1980. The van der Waals surface area contributed by atoms with Gasteiger partial charge in [0, 0.05) is 46.7 Å². The number of aryl methyl sites for hydroxylation is 1. The molecule has 3 aromatic heterocycles. The molecule has 0 unspecified atom stereocenters. The van der Waals surface area contributed by atoms with Gasteiger partial charge in [-0.05, 0) is 54.9 Å². The maximum Gasteiger partial charge on any atom is 0.488 e. The lowest BCUT2D eigenvalue weighted by molar-refractivity contribution is 0.146. The average molecular weight is 531 g/mol. The first-order valence-electron chi connectivity index (χ1n) is 12.1. The van der Waals surface area contributed by atoms with Crippen molar-refractivity contribution in [1.82, 2.24) is 19.4 Å². The quantitative estimate of drug-likeness (QED) is 0.269. The van der Waals surface area contributed by atoms with E-state index >= 15 is 0 Å². The number of hydrogen-bond donors (Lipinski definition) is 1. The fourth-order valence-electron chi connectivity index (χ4n) is 5.45. The van der Waals surface area contributed by atoms with Crippen LogP contribution in [0.3, 0.4) is 0 Å². The van der Waals surface area contributed by atoms with Gasteiger partial charge in [-0.2, -0.15) is 8.42 Å². The molecule has 0 atom stereocenters. The van der Waals surface area contributed by atoms with E-state index in [1.165, 1.54) is 6.07 Å². The van der Waals surface area contributed by atoms with Crippen LogP contribution < -0.4 is 9.61 Å². The third-order valence-electron chi connectivity index (χ3n) is 7.15. The molecule has 0 radical (unpaired) electrons. The third-order valence-corrected chi connectivity index (χ3v) is 7.54. The number of aromatic amines is 1. The number of nitrogens with zero attached hydrogens (tertiary/aromatic N) is 3. The molecule has 192 valence electrons. The normalized spacial score (nSPS) is 14.7. The Morgan fingerprint density at radius 1 is 1.18 bits per heavy atom. The van der Waals surface area contributed by atoms with Gasteiger partial charge in [-0.3, -0.25) is 9.78 Å². The summed E-state index contributed by atoms with van der Waals surface area (Å²) in [5, 5.41) is 2.02. The van der Waals surface area contributed by atoms with E-state index in [1.54, 1.807) is 6.20 Å². The van der Waals surface area contributed by atoms with Gasteiger partial charge < -0.3 is 18.6 Å². The van der Waals surface area contributed by atoms with Gasteiger partial charge in [0.25, 0.3) is 0 Å². The summed E-state index contributed by atoms with van der Waals surface area (Å²) in [4.78, 5) is 23.7. The summed E-state index contributed by atoms with van der Waals surface area (Å²) in [6, 6.07) is 11.0. The minimum Gasteiger partial charge on any atom is -0.357 e. The molecule has 1 aliphatic rings. The minimum atomic E-state index is -5.20. The highest BCUT2D eigenvalue weighted by Crippen LogP contribution is 2.36. The summed E-state index contributed by atoms with van der Waals surface area (Å²) >= 11 is 0. The molecule has 10 heteroatoms. The predicted molar refractivity (Wildman–Crippen MR) is 145 cm³/mol. The van der Waals surface area contributed by atoms with Gasteiger partial charge in [0.15, 0.2) is 11.2 Å². The minimum absolute atomic E-state index is 0.0846. The number of nitrogens with one attached hydrogen (secondary N) is 1. The molecule has 5 aromatic rings. The molecule has 0 aliphatic carbocycles. The molecule has 0 bridgehead atoms. The molecular formula is C28H23FN4O4S. The van der Waals surface area contributed by atoms with Gasteiger partial charge in [-0.15, -0.1) is 6.42 Å². The number of likely N-dealkylation sites (N-methyl/N-ethyl adjacent to an activating group) is 1. The smallest absolute Gasteiger partial charge is 0.357 e. The van der Waals surface area contributed by atoms with Crippen LogP contribution in [0.5, 0.6) is 5.75 Å². The Kier molecular flexibility index (Phi) is 5.52. The van der Waals surface area contributed by atoms with Crippen molar-refractivity contribution >= 4 is 43.3 Å². The van der Waals surface area contributed by atoms with Crippen LogP contribution in [0.1, 0.15) is 24.1 Å². The number of H-pyrrole nitrogens is 1.